The first-order valence-electron chi connectivity index (χ1n) is 6.69. The Hall–Kier alpha value is -0.780. The van der Waals surface area contributed by atoms with Crippen molar-refractivity contribution in [1.82, 2.24) is 4.72 Å². The minimum absolute atomic E-state index is 0.154. The average molecular weight is 304 g/mol. The number of halogens is 1. The molecule has 118 valence electrons. The van der Waals surface area contributed by atoms with E-state index in [1.54, 1.807) is 11.9 Å². The predicted molar refractivity (Wildman–Crippen MR) is 89.2 cm³/mol. The number of anilines is 1. The summed E-state index contributed by atoms with van der Waals surface area (Å²) in [6, 6.07) is 3.40. The van der Waals surface area contributed by atoms with Crippen molar-refractivity contribution in [1.29, 1.82) is 0 Å². The largest absolute Gasteiger partial charge is 0.400 e. The van der Waals surface area contributed by atoms with Crippen LogP contribution in [0.25, 0.3) is 0 Å². The third kappa shape index (κ3) is 9.18. The molecule has 0 fully saturated rings. The Morgan fingerprint density at radius 2 is 1.75 bits per heavy atom. The van der Waals surface area contributed by atoms with Crippen LogP contribution in [0.15, 0.2) is 12.1 Å². The number of aliphatic hydroxyl groups is 1. The van der Waals surface area contributed by atoms with Crippen LogP contribution in [0.4, 0.5) is 10.1 Å². The lowest BCUT2D eigenvalue weighted by molar-refractivity contribution is 0.399. The molecule has 1 rings (SSSR count). The van der Waals surface area contributed by atoms with E-state index in [1.165, 1.54) is 6.07 Å². The Balaban J connectivity index is 0. The van der Waals surface area contributed by atoms with Crippen LogP contribution in [0.5, 0.6) is 0 Å². The maximum absolute atomic E-state index is 13.3. The van der Waals surface area contributed by atoms with E-state index in [9.17, 15) is 4.39 Å². The van der Waals surface area contributed by atoms with Gasteiger partial charge in [0.05, 0.1) is 5.69 Å². The fraction of sp³-hybridized carbons (Fsp3) is 0.600. The molecule has 0 saturated heterocycles. The zero-order chi connectivity index (χ0) is 16.3. The summed E-state index contributed by atoms with van der Waals surface area (Å²) < 4.78 is 16.7. The third-order valence-corrected chi connectivity index (χ3v) is 2.95. The van der Waals surface area contributed by atoms with E-state index in [2.05, 4.69) is 25.5 Å². The van der Waals surface area contributed by atoms with Crippen molar-refractivity contribution in [3.05, 3.63) is 29.1 Å². The topological polar surface area (TPSA) is 58.3 Å². The summed E-state index contributed by atoms with van der Waals surface area (Å²) >= 11 is 1.64. The van der Waals surface area contributed by atoms with E-state index in [0.717, 1.165) is 18.2 Å². The maximum Gasteiger partial charge on any atom is 0.146 e. The van der Waals surface area contributed by atoms with Crippen molar-refractivity contribution >= 4 is 17.6 Å². The number of nitrogens with one attached hydrogen (secondary N) is 1. The molecule has 1 aromatic carbocycles. The Morgan fingerprint density at radius 1 is 1.25 bits per heavy atom. The smallest absolute Gasteiger partial charge is 0.146 e. The van der Waals surface area contributed by atoms with E-state index >= 15 is 0 Å². The molecular formula is C15H29FN2OS. The number of aliphatic hydroxyl groups excluding tert-OH is 1. The molecule has 4 N–H and O–H groups in total. The lowest BCUT2D eigenvalue weighted by Crippen LogP contribution is -2.16. The number of rotatable bonds is 3. The first kappa shape index (κ1) is 21.5. The highest BCUT2D eigenvalue weighted by Gasteiger charge is 2.10. The fourth-order valence-electron chi connectivity index (χ4n) is 1.26. The molecule has 0 atom stereocenters. The number of nitrogens with two attached hydrogens (primary N) is 1. The van der Waals surface area contributed by atoms with Gasteiger partial charge in [-0.1, -0.05) is 31.9 Å². The molecule has 20 heavy (non-hydrogen) atoms. The van der Waals surface area contributed by atoms with Crippen LogP contribution < -0.4 is 10.5 Å². The Labute approximate surface area is 127 Å². The Kier molecular flexibility index (Phi) is 11.8. The van der Waals surface area contributed by atoms with Crippen LogP contribution in [0.2, 0.25) is 0 Å². The molecule has 0 aliphatic carbocycles. The van der Waals surface area contributed by atoms with Gasteiger partial charge in [0.2, 0.25) is 0 Å². The summed E-state index contributed by atoms with van der Waals surface area (Å²) in [5.41, 5.74) is 7.50. The lowest BCUT2D eigenvalue weighted by atomic mass is 10.1. The predicted octanol–water partition coefficient (Wildman–Crippen LogP) is 3.89. The van der Waals surface area contributed by atoms with Crippen LogP contribution in [0.1, 0.15) is 45.7 Å². The zero-order valence-electron chi connectivity index (χ0n) is 13.7. The normalized spacial score (nSPS) is 10.1. The van der Waals surface area contributed by atoms with Crippen LogP contribution >= 0.6 is 11.9 Å². The molecular weight excluding hydrogens is 275 g/mol. The van der Waals surface area contributed by atoms with Crippen molar-refractivity contribution in [2.45, 2.75) is 52.8 Å². The molecule has 0 saturated carbocycles. The number of nitrogen functional groups attached to an aromatic ring is 1. The molecule has 0 aromatic heterocycles. The van der Waals surface area contributed by atoms with Gasteiger partial charge in [0, 0.05) is 18.4 Å². The Morgan fingerprint density at radius 3 is 2.15 bits per heavy atom. The van der Waals surface area contributed by atoms with Gasteiger partial charge in [-0.2, -0.15) is 0 Å². The third-order valence-electron chi connectivity index (χ3n) is 2.05. The van der Waals surface area contributed by atoms with Gasteiger partial charge >= 0.3 is 0 Å². The zero-order valence-corrected chi connectivity index (χ0v) is 14.5. The quantitative estimate of drug-likeness (QED) is 0.586. The standard InChI is InChI=1S/C12H19FN2S.C2H6.CH4O/c1-8-5-9(6-10(13)11(8)14)7-15-16-12(2,3)4;2*1-2/h5-6,15H,7,14H2,1-4H3;1-2H3;2H,1H3. The van der Waals surface area contributed by atoms with Crippen LogP contribution in [0.3, 0.4) is 0 Å². The molecule has 0 aliphatic rings. The highest BCUT2D eigenvalue weighted by Crippen LogP contribution is 2.22. The van der Waals surface area contributed by atoms with Gasteiger partial charge in [-0.15, -0.1) is 0 Å². The van der Waals surface area contributed by atoms with Crippen molar-refractivity contribution in [3.8, 4) is 0 Å². The molecule has 0 unspecified atom stereocenters. The molecule has 3 nitrogen and oxygen atoms in total. The first-order chi connectivity index (χ1) is 9.29. The van der Waals surface area contributed by atoms with Crippen LogP contribution in [-0.2, 0) is 6.54 Å². The lowest BCUT2D eigenvalue weighted by Gasteiger charge is -2.18. The summed E-state index contributed by atoms with van der Waals surface area (Å²) in [7, 11) is 1.00. The molecule has 0 amide bonds. The maximum atomic E-state index is 13.3. The molecule has 0 radical (unpaired) electrons. The summed E-state index contributed by atoms with van der Waals surface area (Å²) in [6.07, 6.45) is 0. The van der Waals surface area contributed by atoms with Crippen molar-refractivity contribution in [2.24, 2.45) is 0 Å². The molecule has 0 aliphatic heterocycles. The average Bonchev–Trinajstić information content (AvgIpc) is 2.39. The summed E-state index contributed by atoms with van der Waals surface area (Å²) in [5, 5.41) is 7.00. The van der Waals surface area contributed by atoms with Gasteiger partial charge in [0.25, 0.3) is 0 Å². The first-order valence-corrected chi connectivity index (χ1v) is 7.51. The van der Waals surface area contributed by atoms with Crippen molar-refractivity contribution < 1.29 is 9.50 Å². The van der Waals surface area contributed by atoms with Crippen molar-refractivity contribution in [2.75, 3.05) is 12.8 Å². The van der Waals surface area contributed by atoms with Crippen LogP contribution in [-0.4, -0.2) is 17.0 Å². The fourth-order valence-corrected chi connectivity index (χ4v) is 1.94. The monoisotopic (exact) mass is 304 g/mol. The van der Waals surface area contributed by atoms with Gasteiger partial charge in [-0.25, -0.2) is 4.39 Å². The summed E-state index contributed by atoms with van der Waals surface area (Å²) in [4.78, 5) is 0. The van der Waals surface area contributed by atoms with Gasteiger partial charge in [-0.05, 0) is 44.9 Å². The van der Waals surface area contributed by atoms with Gasteiger partial charge in [-0.3, -0.25) is 4.72 Å². The second kappa shape index (κ2) is 10.9. The van der Waals surface area contributed by atoms with E-state index < -0.39 is 0 Å². The van der Waals surface area contributed by atoms with Gasteiger partial charge in [0.1, 0.15) is 5.82 Å². The second-order valence-corrected chi connectivity index (χ2v) is 6.56. The molecule has 0 heterocycles. The van der Waals surface area contributed by atoms with E-state index in [-0.39, 0.29) is 16.3 Å². The molecule has 1 aromatic rings. The number of hydrogen-bond donors (Lipinski definition) is 3. The molecule has 0 spiro atoms. The van der Waals surface area contributed by atoms with Gasteiger partial charge in [0.15, 0.2) is 0 Å². The van der Waals surface area contributed by atoms with E-state index in [0.29, 0.717) is 6.54 Å². The van der Waals surface area contributed by atoms with Crippen molar-refractivity contribution in [3.63, 3.8) is 0 Å². The number of aryl methyl sites for hydroxylation is 1. The minimum atomic E-state index is -0.336. The molecule has 0 bridgehead atoms. The number of hydrogen-bond acceptors (Lipinski definition) is 4. The highest BCUT2D eigenvalue weighted by molar-refractivity contribution is 7.98. The van der Waals surface area contributed by atoms with Crippen LogP contribution in [0, 0.1) is 12.7 Å². The second-order valence-electron chi connectivity index (χ2n) is 4.84. The van der Waals surface area contributed by atoms with E-state index in [1.807, 2.05) is 26.8 Å². The number of benzene rings is 1. The van der Waals surface area contributed by atoms with E-state index in [4.69, 9.17) is 10.8 Å². The summed E-state index contributed by atoms with van der Waals surface area (Å²) in [5.74, 6) is -0.336. The van der Waals surface area contributed by atoms with Gasteiger partial charge < -0.3 is 10.8 Å². The molecule has 5 heteroatoms. The highest BCUT2D eigenvalue weighted by atomic mass is 32.2. The minimum Gasteiger partial charge on any atom is -0.400 e. The summed E-state index contributed by atoms with van der Waals surface area (Å²) in [6.45, 7) is 12.8. The SMILES string of the molecule is CC.CO.Cc1cc(CNSC(C)(C)C)cc(F)c1N. The Bertz CT molecular complexity index is 356.